The molecule has 1 N–H and O–H groups in total. The molecule has 0 radical (unpaired) electrons. The molecule has 0 bridgehead atoms. The number of aryl methyl sites for hydroxylation is 2. The van der Waals surface area contributed by atoms with E-state index in [0.29, 0.717) is 0 Å². The largest absolute Gasteiger partial charge is 0.457 e. The van der Waals surface area contributed by atoms with Crippen LogP contribution in [-0.2, 0) is 0 Å². The smallest absolute Gasteiger partial charge is 0.147 e. The summed E-state index contributed by atoms with van der Waals surface area (Å²) < 4.78 is 8.10. The number of fused-ring (bicyclic) bond motifs is 3. The highest BCUT2D eigenvalue weighted by Crippen LogP contribution is 2.39. The van der Waals surface area contributed by atoms with Gasteiger partial charge >= 0.3 is 0 Å². The SMILES string of the molecule is Cc1ccc2c(c1)-c1cc(C)nn1C(c1cccc(Oc3ccccc3)c1)N2. The van der Waals surface area contributed by atoms with Crippen LogP contribution in [0.15, 0.2) is 78.9 Å². The molecule has 138 valence electrons. The number of hydrogen-bond acceptors (Lipinski definition) is 3. The van der Waals surface area contributed by atoms with Crippen molar-refractivity contribution in [3.63, 3.8) is 0 Å². The average Bonchev–Trinajstić information content (AvgIpc) is 3.10. The molecule has 0 fully saturated rings. The van der Waals surface area contributed by atoms with Crippen LogP contribution in [0.25, 0.3) is 11.3 Å². The number of aromatic nitrogens is 2. The summed E-state index contributed by atoms with van der Waals surface area (Å²) in [6, 6.07) is 26.7. The van der Waals surface area contributed by atoms with Crippen molar-refractivity contribution in [3.05, 3.63) is 95.7 Å². The molecule has 2 heterocycles. The van der Waals surface area contributed by atoms with E-state index in [9.17, 15) is 0 Å². The average molecular weight is 367 g/mol. The predicted octanol–water partition coefficient (Wildman–Crippen LogP) is 5.93. The standard InChI is InChI=1S/C24H21N3O/c1-16-11-12-22-21(13-16)23-14-17(2)26-27(23)24(25-22)18-7-6-10-20(15-18)28-19-8-4-3-5-9-19/h3-15,24-25H,1-2H3. The van der Waals surface area contributed by atoms with Gasteiger partial charge in [-0.1, -0.05) is 42.0 Å². The molecule has 0 spiro atoms. The minimum Gasteiger partial charge on any atom is -0.457 e. The third-order valence-corrected chi connectivity index (χ3v) is 5.00. The molecule has 4 aromatic rings. The second-order valence-electron chi connectivity index (χ2n) is 7.20. The summed E-state index contributed by atoms with van der Waals surface area (Å²) in [5, 5.41) is 8.41. The summed E-state index contributed by atoms with van der Waals surface area (Å²) in [7, 11) is 0. The zero-order chi connectivity index (χ0) is 19.1. The van der Waals surface area contributed by atoms with Crippen LogP contribution in [0.4, 0.5) is 5.69 Å². The van der Waals surface area contributed by atoms with Crippen molar-refractivity contribution in [2.75, 3.05) is 5.32 Å². The fourth-order valence-electron chi connectivity index (χ4n) is 3.72. The maximum absolute atomic E-state index is 6.03. The lowest BCUT2D eigenvalue weighted by atomic mass is 10.0. The molecule has 0 amide bonds. The molecule has 4 nitrogen and oxygen atoms in total. The third kappa shape index (κ3) is 2.93. The Morgan fingerprint density at radius 2 is 1.68 bits per heavy atom. The summed E-state index contributed by atoms with van der Waals surface area (Å²) in [5.74, 6) is 1.64. The van der Waals surface area contributed by atoms with Gasteiger partial charge in [0, 0.05) is 16.8 Å². The number of ether oxygens (including phenoxy) is 1. The molecule has 0 saturated heterocycles. The van der Waals surface area contributed by atoms with Crippen LogP contribution in [-0.4, -0.2) is 9.78 Å². The van der Waals surface area contributed by atoms with Gasteiger partial charge in [0.15, 0.2) is 0 Å². The monoisotopic (exact) mass is 367 g/mol. The van der Waals surface area contributed by atoms with Crippen molar-refractivity contribution in [2.24, 2.45) is 0 Å². The van der Waals surface area contributed by atoms with Crippen LogP contribution < -0.4 is 10.1 Å². The van der Waals surface area contributed by atoms with Gasteiger partial charge in [0.2, 0.25) is 0 Å². The first-order valence-corrected chi connectivity index (χ1v) is 9.44. The van der Waals surface area contributed by atoms with Crippen molar-refractivity contribution < 1.29 is 4.74 Å². The fraction of sp³-hybridized carbons (Fsp3) is 0.125. The number of para-hydroxylation sites is 1. The van der Waals surface area contributed by atoms with E-state index in [4.69, 9.17) is 9.84 Å². The van der Waals surface area contributed by atoms with Gasteiger partial charge in [0.1, 0.15) is 17.7 Å². The maximum atomic E-state index is 6.03. The zero-order valence-corrected chi connectivity index (χ0v) is 15.9. The van der Waals surface area contributed by atoms with E-state index in [0.717, 1.165) is 34.1 Å². The Kier molecular flexibility index (Phi) is 3.90. The quantitative estimate of drug-likeness (QED) is 0.488. The lowest BCUT2D eigenvalue weighted by molar-refractivity contribution is 0.479. The molecule has 1 atom stereocenters. The summed E-state index contributed by atoms with van der Waals surface area (Å²) in [6.07, 6.45) is -0.0850. The molecule has 1 aliphatic heterocycles. The van der Waals surface area contributed by atoms with Crippen LogP contribution in [0.5, 0.6) is 11.5 Å². The van der Waals surface area contributed by atoms with E-state index in [2.05, 4.69) is 53.3 Å². The molecule has 0 aliphatic carbocycles. The van der Waals surface area contributed by atoms with E-state index in [1.54, 1.807) is 0 Å². The van der Waals surface area contributed by atoms with E-state index >= 15 is 0 Å². The molecule has 3 aromatic carbocycles. The van der Waals surface area contributed by atoms with Gasteiger partial charge < -0.3 is 10.1 Å². The topological polar surface area (TPSA) is 39.1 Å². The molecule has 28 heavy (non-hydrogen) atoms. The highest BCUT2D eigenvalue weighted by Gasteiger charge is 2.26. The minimum atomic E-state index is -0.0850. The summed E-state index contributed by atoms with van der Waals surface area (Å²) >= 11 is 0. The Morgan fingerprint density at radius 1 is 0.857 bits per heavy atom. The van der Waals surface area contributed by atoms with Gasteiger partial charge in [-0.05, 0) is 56.3 Å². The molecule has 5 rings (SSSR count). The van der Waals surface area contributed by atoms with Crippen LogP contribution in [0.3, 0.4) is 0 Å². The molecule has 1 unspecified atom stereocenters. The van der Waals surface area contributed by atoms with Crippen LogP contribution in [0.2, 0.25) is 0 Å². The van der Waals surface area contributed by atoms with Crippen molar-refractivity contribution in [1.82, 2.24) is 9.78 Å². The van der Waals surface area contributed by atoms with Gasteiger partial charge in [0.05, 0.1) is 11.4 Å². The molecule has 4 heteroatoms. The van der Waals surface area contributed by atoms with Crippen molar-refractivity contribution in [3.8, 4) is 22.8 Å². The normalized spacial score (nSPS) is 14.7. The van der Waals surface area contributed by atoms with Gasteiger partial charge in [-0.3, -0.25) is 0 Å². The Morgan fingerprint density at radius 3 is 2.54 bits per heavy atom. The van der Waals surface area contributed by atoms with Crippen molar-refractivity contribution in [2.45, 2.75) is 20.0 Å². The Hall–Kier alpha value is -3.53. The number of nitrogens with one attached hydrogen (secondary N) is 1. The van der Waals surface area contributed by atoms with E-state index in [1.807, 2.05) is 49.4 Å². The first-order chi connectivity index (χ1) is 13.7. The number of rotatable bonds is 3. The summed E-state index contributed by atoms with van der Waals surface area (Å²) in [6.45, 7) is 4.15. The summed E-state index contributed by atoms with van der Waals surface area (Å²) in [5.41, 5.74) is 6.79. The lowest BCUT2D eigenvalue weighted by Gasteiger charge is -2.29. The van der Waals surface area contributed by atoms with E-state index in [1.165, 1.54) is 11.1 Å². The summed E-state index contributed by atoms with van der Waals surface area (Å²) in [4.78, 5) is 0. The molecule has 1 aromatic heterocycles. The van der Waals surface area contributed by atoms with Gasteiger partial charge in [-0.2, -0.15) is 5.10 Å². The van der Waals surface area contributed by atoms with Crippen molar-refractivity contribution in [1.29, 1.82) is 0 Å². The van der Waals surface area contributed by atoms with E-state index < -0.39 is 0 Å². The van der Waals surface area contributed by atoms with Crippen LogP contribution >= 0.6 is 0 Å². The number of hydrogen-bond donors (Lipinski definition) is 1. The lowest BCUT2D eigenvalue weighted by Crippen LogP contribution is -2.25. The molecule has 1 aliphatic rings. The predicted molar refractivity (Wildman–Crippen MR) is 112 cm³/mol. The molecule has 0 saturated carbocycles. The first kappa shape index (κ1) is 16.6. The molecular formula is C24H21N3O. The maximum Gasteiger partial charge on any atom is 0.147 e. The van der Waals surface area contributed by atoms with E-state index in [-0.39, 0.29) is 6.17 Å². The van der Waals surface area contributed by atoms with Crippen LogP contribution in [0, 0.1) is 13.8 Å². The Balaban J connectivity index is 1.55. The zero-order valence-electron chi connectivity index (χ0n) is 15.9. The number of benzene rings is 3. The highest BCUT2D eigenvalue weighted by molar-refractivity contribution is 5.79. The Bertz CT molecular complexity index is 1150. The van der Waals surface area contributed by atoms with Gasteiger partial charge in [-0.25, -0.2) is 4.68 Å². The number of anilines is 1. The van der Waals surface area contributed by atoms with Crippen LogP contribution in [0.1, 0.15) is 23.0 Å². The number of nitrogens with zero attached hydrogens (tertiary/aromatic N) is 2. The third-order valence-electron chi connectivity index (χ3n) is 5.00. The minimum absolute atomic E-state index is 0.0850. The second kappa shape index (κ2) is 6.57. The Labute approximate surface area is 164 Å². The molecular weight excluding hydrogens is 346 g/mol. The first-order valence-electron chi connectivity index (χ1n) is 9.44. The van der Waals surface area contributed by atoms with Crippen molar-refractivity contribution >= 4 is 5.69 Å². The van der Waals surface area contributed by atoms with Gasteiger partial charge in [-0.15, -0.1) is 0 Å². The fourth-order valence-corrected chi connectivity index (χ4v) is 3.72. The second-order valence-corrected chi connectivity index (χ2v) is 7.20. The van der Waals surface area contributed by atoms with Gasteiger partial charge in [0.25, 0.3) is 0 Å². The highest BCUT2D eigenvalue weighted by atomic mass is 16.5.